The van der Waals surface area contributed by atoms with Crippen LogP contribution in [0.5, 0.6) is 0 Å². The molecule has 0 spiro atoms. The number of carbonyl (C=O) groups excluding carboxylic acids is 2. The van der Waals surface area contributed by atoms with Crippen molar-refractivity contribution in [3.63, 3.8) is 0 Å². The van der Waals surface area contributed by atoms with E-state index in [1.165, 1.54) is 0 Å². The second-order valence-corrected chi connectivity index (χ2v) is 10.7. The summed E-state index contributed by atoms with van der Waals surface area (Å²) in [6.07, 6.45) is 0.523. The number of esters is 2. The molecule has 35 heavy (non-hydrogen) atoms. The van der Waals surface area contributed by atoms with Crippen LogP contribution in [0.15, 0.2) is 95.9 Å². The molecule has 184 valence electrons. The Labute approximate surface area is 217 Å². The van der Waals surface area contributed by atoms with Crippen LogP contribution in [-0.2, 0) is 29.9 Å². The van der Waals surface area contributed by atoms with Gasteiger partial charge in [-0.1, -0.05) is 102 Å². The van der Waals surface area contributed by atoms with E-state index in [0.717, 1.165) is 11.1 Å². The van der Waals surface area contributed by atoms with Crippen LogP contribution in [0.2, 0.25) is 0 Å². The molecule has 7 heteroatoms. The molecule has 0 heterocycles. The van der Waals surface area contributed by atoms with E-state index in [-0.39, 0.29) is 29.8 Å². The van der Waals surface area contributed by atoms with Gasteiger partial charge in [0.2, 0.25) is 0 Å². The van der Waals surface area contributed by atoms with Crippen LogP contribution in [0.4, 0.5) is 0 Å². The third kappa shape index (κ3) is 8.44. The van der Waals surface area contributed by atoms with Gasteiger partial charge < -0.3 is 9.47 Å². The van der Waals surface area contributed by atoms with Gasteiger partial charge in [-0.15, -0.1) is 0 Å². The van der Waals surface area contributed by atoms with Crippen molar-refractivity contribution in [3.05, 3.63) is 102 Å². The molecular formula is C28H29BrO5S. The Hall–Kier alpha value is -2.77. The van der Waals surface area contributed by atoms with Gasteiger partial charge in [-0.3, -0.25) is 13.8 Å². The fraction of sp³-hybridized carbons (Fsp3) is 0.286. The molecule has 0 bridgehead atoms. The van der Waals surface area contributed by atoms with Crippen LogP contribution in [0.25, 0.3) is 0 Å². The number of alkyl halides is 1. The number of halogens is 1. The van der Waals surface area contributed by atoms with Crippen molar-refractivity contribution in [2.75, 3.05) is 19.0 Å². The molecule has 0 aliphatic rings. The zero-order valence-electron chi connectivity index (χ0n) is 19.5. The first-order chi connectivity index (χ1) is 17.0. The molecule has 3 rings (SSSR count). The highest BCUT2D eigenvalue weighted by Crippen LogP contribution is 2.35. The molecule has 0 amide bonds. The summed E-state index contributed by atoms with van der Waals surface area (Å²) in [7, 11) is -1.29. The fourth-order valence-corrected chi connectivity index (χ4v) is 5.47. The maximum atomic E-state index is 13.0. The van der Waals surface area contributed by atoms with Crippen LogP contribution in [0, 0.1) is 5.92 Å². The van der Waals surface area contributed by atoms with E-state index in [9.17, 15) is 13.8 Å². The highest BCUT2D eigenvalue weighted by atomic mass is 79.9. The van der Waals surface area contributed by atoms with Crippen LogP contribution in [0.3, 0.4) is 0 Å². The average molecular weight is 558 g/mol. The highest BCUT2D eigenvalue weighted by molar-refractivity contribution is 9.09. The lowest BCUT2D eigenvalue weighted by Crippen LogP contribution is -2.24. The van der Waals surface area contributed by atoms with Gasteiger partial charge in [0.05, 0.1) is 22.6 Å². The minimum Gasteiger partial charge on any atom is -0.462 e. The Morgan fingerprint density at radius 1 is 0.771 bits per heavy atom. The van der Waals surface area contributed by atoms with Crippen molar-refractivity contribution in [2.24, 2.45) is 5.92 Å². The largest absolute Gasteiger partial charge is 0.462 e. The molecule has 0 saturated heterocycles. The quantitative estimate of drug-likeness (QED) is 0.159. The SMILES string of the molecule is CC(CS(=O)c1ccccc1)C(=O)OCCOC(=O)C(CC(Br)c1ccccc1)c1ccccc1. The third-order valence-corrected chi connectivity index (χ3v) is 7.98. The maximum Gasteiger partial charge on any atom is 0.313 e. The molecule has 0 aliphatic heterocycles. The summed E-state index contributed by atoms with van der Waals surface area (Å²) in [6.45, 7) is 1.59. The number of benzene rings is 3. The Morgan fingerprint density at radius 3 is 1.83 bits per heavy atom. The average Bonchev–Trinajstić information content (AvgIpc) is 2.90. The van der Waals surface area contributed by atoms with E-state index in [4.69, 9.17) is 9.47 Å². The van der Waals surface area contributed by atoms with Gasteiger partial charge >= 0.3 is 11.9 Å². The first-order valence-electron chi connectivity index (χ1n) is 11.5. The minimum absolute atomic E-state index is 0.0226. The molecular weight excluding hydrogens is 528 g/mol. The van der Waals surface area contributed by atoms with Crippen molar-refractivity contribution in [1.82, 2.24) is 0 Å². The first kappa shape index (κ1) is 26.8. The summed E-state index contributed by atoms with van der Waals surface area (Å²) in [5, 5.41) is 0. The topological polar surface area (TPSA) is 69.7 Å². The number of hydrogen-bond acceptors (Lipinski definition) is 5. The molecule has 0 fully saturated rings. The zero-order valence-corrected chi connectivity index (χ0v) is 22.0. The molecule has 0 aromatic heterocycles. The van der Waals surface area contributed by atoms with E-state index >= 15 is 0 Å². The van der Waals surface area contributed by atoms with Crippen molar-refractivity contribution < 1.29 is 23.3 Å². The van der Waals surface area contributed by atoms with Gasteiger partial charge in [0.1, 0.15) is 13.2 Å². The predicted octanol–water partition coefficient (Wildman–Crippen LogP) is 5.83. The second kappa shape index (κ2) is 14.0. The van der Waals surface area contributed by atoms with Crippen molar-refractivity contribution in [3.8, 4) is 0 Å². The minimum atomic E-state index is -1.29. The van der Waals surface area contributed by atoms with E-state index < -0.39 is 28.6 Å². The normalized spacial score (nSPS) is 14.3. The number of carbonyl (C=O) groups is 2. The van der Waals surface area contributed by atoms with Gasteiger partial charge in [0.25, 0.3) is 0 Å². The Bertz CT molecular complexity index is 1090. The monoisotopic (exact) mass is 556 g/mol. The van der Waals surface area contributed by atoms with E-state index in [1.54, 1.807) is 19.1 Å². The van der Waals surface area contributed by atoms with E-state index in [0.29, 0.717) is 11.3 Å². The molecule has 4 atom stereocenters. The van der Waals surface area contributed by atoms with Crippen LogP contribution in [0.1, 0.15) is 35.2 Å². The van der Waals surface area contributed by atoms with Crippen LogP contribution < -0.4 is 0 Å². The van der Waals surface area contributed by atoms with Crippen LogP contribution in [-0.4, -0.2) is 35.1 Å². The smallest absolute Gasteiger partial charge is 0.313 e. The summed E-state index contributed by atoms with van der Waals surface area (Å²) in [5.41, 5.74) is 1.95. The highest BCUT2D eigenvalue weighted by Gasteiger charge is 2.26. The molecule has 0 N–H and O–H groups in total. The van der Waals surface area contributed by atoms with Gasteiger partial charge in [0.15, 0.2) is 0 Å². The summed E-state index contributed by atoms with van der Waals surface area (Å²) < 4.78 is 23.2. The molecule has 3 aromatic carbocycles. The predicted molar refractivity (Wildman–Crippen MR) is 141 cm³/mol. The first-order valence-corrected chi connectivity index (χ1v) is 13.7. The third-order valence-electron chi connectivity index (χ3n) is 5.47. The number of rotatable bonds is 12. The molecule has 0 aliphatic carbocycles. The lowest BCUT2D eigenvalue weighted by atomic mass is 9.92. The van der Waals surface area contributed by atoms with Gasteiger partial charge in [0, 0.05) is 15.5 Å². The van der Waals surface area contributed by atoms with Crippen LogP contribution >= 0.6 is 15.9 Å². The van der Waals surface area contributed by atoms with Crippen molar-refractivity contribution in [2.45, 2.75) is 29.0 Å². The number of hydrogen-bond donors (Lipinski definition) is 0. The Balaban J connectivity index is 1.50. The van der Waals surface area contributed by atoms with E-state index in [2.05, 4.69) is 15.9 Å². The molecule has 4 unspecified atom stereocenters. The zero-order chi connectivity index (χ0) is 25.0. The lowest BCUT2D eigenvalue weighted by Gasteiger charge is -2.20. The standard InChI is InChI=1S/C28H29BrO5S/c1-21(20-35(32)24-15-9-4-10-16-24)27(30)33-17-18-34-28(31)25(22-11-5-2-6-12-22)19-26(29)23-13-7-3-8-14-23/h2-16,21,25-26H,17-20H2,1H3. The summed E-state index contributed by atoms with van der Waals surface area (Å²) in [5.74, 6) is -1.67. The second-order valence-electron chi connectivity index (χ2n) is 8.14. The van der Waals surface area contributed by atoms with Gasteiger partial charge in [-0.2, -0.15) is 0 Å². The van der Waals surface area contributed by atoms with E-state index in [1.807, 2.05) is 78.9 Å². The Kier molecular flexibility index (Phi) is 10.7. The summed E-state index contributed by atoms with van der Waals surface area (Å²) >= 11 is 3.70. The number of ether oxygens (including phenoxy) is 2. The summed E-state index contributed by atoms with van der Waals surface area (Å²) in [6, 6.07) is 28.4. The molecule has 0 radical (unpaired) electrons. The maximum absolute atomic E-state index is 13.0. The molecule has 0 saturated carbocycles. The van der Waals surface area contributed by atoms with Gasteiger partial charge in [-0.05, 0) is 29.7 Å². The molecule has 3 aromatic rings. The summed E-state index contributed by atoms with van der Waals surface area (Å²) in [4.78, 5) is 25.9. The van der Waals surface area contributed by atoms with Crippen molar-refractivity contribution in [1.29, 1.82) is 0 Å². The Morgan fingerprint density at radius 2 is 1.26 bits per heavy atom. The molecule has 5 nitrogen and oxygen atoms in total. The lowest BCUT2D eigenvalue weighted by molar-refractivity contribution is -0.155. The van der Waals surface area contributed by atoms with Gasteiger partial charge in [-0.25, -0.2) is 0 Å². The fourth-order valence-electron chi connectivity index (χ4n) is 3.55. The van der Waals surface area contributed by atoms with Crippen molar-refractivity contribution >= 4 is 38.7 Å².